The van der Waals surface area contributed by atoms with Crippen molar-refractivity contribution in [1.82, 2.24) is 14.8 Å². The lowest BCUT2D eigenvalue weighted by molar-refractivity contribution is 0.0710. The highest BCUT2D eigenvalue weighted by Gasteiger charge is 2.32. The number of fused-ring (bicyclic) bond motifs is 1. The van der Waals surface area contributed by atoms with Crippen LogP contribution in [0.5, 0.6) is 0 Å². The maximum Gasteiger partial charge on any atom is 0.286 e. The number of hydroxylamine groups is 1. The number of hydrogen-bond acceptors (Lipinski definition) is 8. The molecule has 31 heavy (non-hydrogen) atoms. The predicted molar refractivity (Wildman–Crippen MR) is 116 cm³/mol. The van der Waals surface area contributed by atoms with Crippen molar-refractivity contribution in [3.63, 3.8) is 0 Å². The topological polar surface area (TPSA) is 129 Å². The number of carbonyl (C=O) groups excluding carboxylic acids is 2. The molecule has 2 heterocycles. The van der Waals surface area contributed by atoms with Gasteiger partial charge in [-0.25, -0.2) is 18.9 Å². The fourth-order valence-electron chi connectivity index (χ4n) is 3.69. The van der Waals surface area contributed by atoms with Gasteiger partial charge in [0.2, 0.25) is 10.0 Å². The van der Waals surface area contributed by atoms with Crippen molar-refractivity contribution in [3.8, 4) is 0 Å². The molecule has 0 unspecified atom stereocenters. The molecule has 0 aliphatic carbocycles. The van der Waals surface area contributed by atoms with E-state index >= 15 is 0 Å². The van der Waals surface area contributed by atoms with Gasteiger partial charge in [-0.05, 0) is 24.3 Å². The summed E-state index contributed by atoms with van der Waals surface area (Å²) >= 11 is 1.10. The Morgan fingerprint density at radius 3 is 2.65 bits per heavy atom. The molecular formula is C20H20N4O5S2. The number of rotatable bonds is 6. The Balaban J connectivity index is 1.51. The molecule has 0 atom stereocenters. The number of benzene rings is 2. The van der Waals surface area contributed by atoms with E-state index in [1.54, 1.807) is 29.7 Å². The molecule has 11 heteroatoms. The van der Waals surface area contributed by atoms with Gasteiger partial charge >= 0.3 is 0 Å². The SMILES string of the molecule is O=Cc1ccc2ccccc2c1S(=O)(=O)N1CCC(Nc2ncc(C(=O)NO)s2)CC1. The van der Waals surface area contributed by atoms with Crippen molar-refractivity contribution in [1.29, 1.82) is 0 Å². The van der Waals surface area contributed by atoms with E-state index < -0.39 is 15.9 Å². The molecule has 0 bridgehead atoms. The van der Waals surface area contributed by atoms with E-state index in [2.05, 4.69) is 10.3 Å². The minimum absolute atomic E-state index is 0.0132. The van der Waals surface area contributed by atoms with Crippen LogP contribution in [0.25, 0.3) is 10.8 Å². The molecule has 2 aromatic carbocycles. The average molecular weight is 461 g/mol. The van der Waals surface area contributed by atoms with Gasteiger partial charge in [-0.2, -0.15) is 4.31 Å². The minimum atomic E-state index is -3.86. The Morgan fingerprint density at radius 1 is 1.19 bits per heavy atom. The molecule has 9 nitrogen and oxygen atoms in total. The molecule has 1 saturated heterocycles. The van der Waals surface area contributed by atoms with E-state index in [4.69, 9.17) is 5.21 Å². The molecule has 1 aliphatic heterocycles. The number of thiazole rings is 1. The molecule has 0 radical (unpaired) electrons. The number of anilines is 1. The van der Waals surface area contributed by atoms with Gasteiger partial charge in [0.1, 0.15) is 9.77 Å². The lowest BCUT2D eigenvalue weighted by Gasteiger charge is -2.32. The number of sulfonamides is 1. The van der Waals surface area contributed by atoms with Crippen molar-refractivity contribution in [2.24, 2.45) is 0 Å². The van der Waals surface area contributed by atoms with E-state index in [1.807, 2.05) is 12.1 Å². The van der Waals surface area contributed by atoms with Crippen LogP contribution in [0, 0.1) is 0 Å². The van der Waals surface area contributed by atoms with Crippen LogP contribution in [0.15, 0.2) is 47.5 Å². The van der Waals surface area contributed by atoms with Gasteiger partial charge in [-0.15, -0.1) is 0 Å². The Hall–Kier alpha value is -2.86. The number of nitrogens with zero attached hydrogens (tertiary/aromatic N) is 2. The molecule has 3 aromatic rings. The fourth-order valence-corrected chi connectivity index (χ4v) is 6.30. The highest BCUT2D eigenvalue weighted by Crippen LogP contribution is 2.31. The number of hydrogen-bond donors (Lipinski definition) is 3. The molecule has 1 aliphatic rings. The number of aromatic nitrogens is 1. The number of carbonyl (C=O) groups is 2. The van der Waals surface area contributed by atoms with E-state index in [1.165, 1.54) is 10.5 Å². The lowest BCUT2D eigenvalue weighted by atomic mass is 10.1. The van der Waals surface area contributed by atoms with Gasteiger partial charge in [0.25, 0.3) is 5.91 Å². The Morgan fingerprint density at radius 2 is 1.94 bits per heavy atom. The highest BCUT2D eigenvalue weighted by molar-refractivity contribution is 7.89. The quantitative estimate of drug-likeness (QED) is 0.293. The van der Waals surface area contributed by atoms with Crippen LogP contribution in [0.3, 0.4) is 0 Å². The Labute approximate surface area is 182 Å². The largest absolute Gasteiger partial charge is 0.359 e. The Kier molecular flexibility index (Phi) is 6.01. The second-order valence-corrected chi connectivity index (χ2v) is 10.0. The number of aldehydes is 1. The minimum Gasteiger partial charge on any atom is -0.359 e. The van der Waals surface area contributed by atoms with Gasteiger partial charge < -0.3 is 5.32 Å². The first-order valence-electron chi connectivity index (χ1n) is 9.58. The smallest absolute Gasteiger partial charge is 0.286 e. The highest BCUT2D eigenvalue weighted by atomic mass is 32.2. The molecule has 162 valence electrons. The lowest BCUT2D eigenvalue weighted by Crippen LogP contribution is -2.42. The summed E-state index contributed by atoms with van der Waals surface area (Å²) in [6, 6.07) is 10.4. The molecule has 3 N–H and O–H groups in total. The molecule has 0 spiro atoms. The summed E-state index contributed by atoms with van der Waals surface area (Å²) in [7, 11) is -3.86. The summed E-state index contributed by atoms with van der Waals surface area (Å²) in [5.74, 6) is -0.632. The average Bonchev–Trinajstić information content (AvgIpc) is 3.26. The number of nitrogens with one attached hydrogen (secondary N) is 2. The van der Waals surface area contributed by atoms with Crippen LogP contribution in [0.2, 0.25) is 0 Å². The monoisotopic (exact) mass is 460 g/mol. The summed E-state index contributed by atoms with van der Waals surface area (Å²) in [6.07, 6.45) is 3.03. The summed E-state index contributed by atoms with van der Waals surface area (Å²) in [6.45, 7) is 0.577. The summed E-state index contributed by atoms with van der Waals surface area (Å²) in [4.78, 5) is 27.5. The van der Waals surface area contributed by atoms with Crippen LogP contribution in [-0.2, 0) is 10.0 Å². The third-order valence-electron chi connectivity index (χ3n) is 5.25. The van der Waals surface area contributed by atoms with Crippen LogP contribution < -0.4 is 10.8 Å². The van der Waals surface area contributed by atoms with Crippen molar-refractivity contribution in [2.45, 2.75) is 23.8 Å². The van der Waals surface area contributed by atoms with Gasteiger partial charge in [0, 0.05) is 30.1 Å². The maximum absolute atomic E-state index is 13.4. The first-order chi connectivity index (χ1) is 14.9. The van der Waals surface area contributed by atoms with E-state index in [0.29, 0.717) is 29.6 Å². The van der Waals surface area contributed by atoms with Crippen LogP contribution >= 0.6 is 11.3 Å². The van der Waals surface area contributed by atoms with Crippen molar-refractivity contribution in [3.05, 3.63) is 53.0 Å². The fraction of sp³-hybridized carbons (Fsp3) is 0.250. The summed E-state index contributed by atoms with van der Waals surface area (Å²) < 4.78 is 28.3. The zero-order valence-electron chi connectivity index (χ0n) is 16.3. The summed E-state index contributed by atoms with van der Waals surface area (Å²) in [5.41, 5.74) is 1.71. The normalized spacial score (nSPS) is 15.6. The molecule has 4 rings (SSSR count). The first-order valence-corrected chi connectivity index (χ1v) is 11.8. The van der Waals surface area contributed by atoms with Crippen molar-refractivity contribution in [2.75, 3.05) is 18.4 Å². The van der Waals surface area contributed by atoms with Crippen LogP contribution in [-0.4, -0.2) is 54.2 Å². The first kappa shape index (κ1) is 21.4. The van der Waals surface area contributed by atoms with Crippen LogP contribution in [0.4, 0.5) is 5.13 Å². The van der Waals surface area contributed by atoms with Crippen molar-refractivity contribution >= 4 is 49.5 Å². The third-order valence-corrected chi connectivity index (χ3v) is 8.19. The zero-order chi connectivity index (χ0) is 22.0. The van der Waals surface area contributed by atoms with Gasteiger partial charge in [-0.3, -0.25) is 14.8 Å². The van der Waals surface area contributed by atoms with Gasteiger partial charge in [0.15, 0.2) is 11.4 Å². The number of amides is 1. The third kappa shape index (κ3) is 4.17. The van der Waals surface area contributed by atoms with Crippen LogP contribution in [0.1, 0.15) is 32.9 Å². The molecule has 0 saturated carbocycles. The standard InChI is InChI=1S/C20H20N4O5S2/c25-12-14-6-5-13-3-1-2-4-16(13)18(14)31(28,29)24-9-7-15(8-10-24)22-20-21-11-17(30-20)19(26)23-27/h1-6,11-12,15,27H,7-10H2,(H,21,22)(H,23,26). The molecule has 1 aromatic heterocycles. The molecule has 1 amide bonds. The van der Waals surface area contributed by atoms with E-state index in [0.717, 1.165) is 16.7 Å². The second kappa shape index (κ2) is 8.71. The number of piperidine rings is 1. The maximum atomic E-state index is 13.4. The zero-order valence-corrected chi connectivity index (χ0v) is 17.9. The van der Waals surface area contributed by atoms with E-state index in [-0.39, 0.29) is 34.5 Å². The van der Waals surface area contributed by atoms with E-state index in [9.17, 15) is 18.0 Å². The van der Waals surface area contributed by atoms with Crippen molar-refractivity contribution < 1.29 is 23.2 Å². The van der Waals surface area contributed by atoms with Gasteiger partial charge in [0.05, 0.1) is 6.20 Å². The van der Waals surface area contributed by atoms with Gasteiger partial charge in [-0.1, -0.05) is 41.7 Å². The molecule has 1 fully saturated rings. The molecular weight excluding hydrogens is 440 g/mol. The Bertz CT molecular complexity index is 1230. The second-order valence-electron chi connectivity index (χ2n) is 7.12. The summed E-state index contributed by atoms with van der Waals surface area (Å²) in [5, 5.41) is 13.7. The predicted octanol–water partition coefficient (Wildman–Crippen LogP) is 2.49.